The van der Waals surface area contributed by atoms with Crippen LogP contribution in [-0.4, -0.2) is 11.6 Å². The van der Waals surface area contributed by atoms with E-state index in [2.05, 4.69) is 27.8 Å². The molecule has 0 aliphatic rings. The van der Waals surface area contributed by atoms with Gasteiger partial charge in [-0.1, -0.05) is 29.3 Å². The summed E-state index contributed by atoms with van der Waals surface area (Å²) in [5.41, 5.74) is 2.02. The highest BCUT2D eigenvalue weighted by atomic mass is 79.9. The van der Waals surface area contributed by atoms with Gasteiger partial charge in [0.05, 0.1) is 12.3 Å². The summed E-state index contributed by atoms with van der Waals surface area (Å²) in [4.78, 5) is 4.40. The Kier molecular flexibility index (Phi) is 4.94. The fourth-order valence-corrected chi connectivity index (χ4v) is 1.55. The van der Waals surface area contributed by atoms with Gasteiger partial charge in [0.2, 0.25) is 0 Å². The molecule has 0 radical (unpaired) electrons. The van der Waals surface area contributed by atoms with Gasteiger partial charge in [0.1, 0.15) is 5.75 Å². The second-order valence-electron chi connectivity index (χ2n) is 3.23. The van der Waals surface area contributed by atoms with Crippen molar-refractivity contribution in [3.8, 4) is 5.75 Å². The van der Waals surface area contributed by atoms with E-state index in [4.69, 9.17) is 4.74 Å². The first kappa shape index (κ1) is 11.5. The van der Waals surface area contributed by atoms with Gasteiger partial charge in [0.15, 0.2) is 0 Å². The lowest BCUT2D eigenvalue weighted by Gasteiger charge is -2.09. The van der Waals surface area contributed by atoms with Gasteiger partial charge in [-0.2, -0.15) is 0 Å². The second-order valence-corrected chi connectivity index (χ2v) is 3.79. The molecule has 0 unspecified atom stereocenters. The first-order valence-corrected chi connectivity index (χ1v) is 6.05. The summed E-state index contributed by atoms with van der Waals surface area (Å²) in [6.07, 6.45) is 2.25. The van der Waals surface area contributed by atoms with Gasteiger partial charge in [0, 0.05) is 11.0 Å². The Bertz CT molecular complexity index is 289. The average molecular weight is 258 g/mol. The minimum atomic E-state index is 0.746. The van der Waals surface area contributed by atoms with Gasteiger partial charge < -0.3 is 4.74 Å². The van der Waals surface area contributed by atoms with E-state index in [1.807, 2.05) is 19.1 Å². The molecule has 1 aromatic heterocycles. The van der Waals surface area contributed by atoms with Crippen LogP contribution in [0.5, 0.6) is 5.75 Å². The summed E-state index contributed by atoms with van der Waals surface area (Å²) in [6.45, 7) is 4.92. The SMILES string of the molecule is CCCCOc1ccc(C)nc1CBr. The lowest BCUT2D eigenvalue weighted by atomic mass is 10.3. The first-order chi connectivity index (χ1) is 6.77. The molecule has 3 heteroatoms. The van der Waals surface area contributed by atoms with Crippen LogP contribution < -0.4 is 4.74 Å². The minimum absolute atomic E-state index is 0.746. The molecule has 0 aromatic carbocycles. The van der Waals surface area contributed by atoms with Crippen molar-refractivity contribution in [3.63, 3.8) is 0 Å². The quantitative estimate of drug-likeness (QED) is 0.596. The number of nitrogens with zero attached hydrogens (tertiary/aromatic N) is 1. The van der Waals surface area contributed by atoms with Crippen LogP contribution in [0.4, 0.5) is 0 Å². The summed E-state index contributed by atoms with van der Waals surface area (Å²) < 4.78 is 5.63. The number of aromatic nitrogens is 1. The van der Waals surface area contributed by atoms with Crippen molar-refractivity contribution in [2.75, 3.05) is 6.61 Å². The van der Waals surface area contributed by atoms with Crippen molar-refractivity contribution < 1.29 is 4.74 Å². The average Bonchev–Trinajstić information content (AvgIpc) is 2.20. The van der Waals surface area contributed by atoms with Crippen LogP contribution in [0, 0.1) is 6.92 Å². The molecule has 0 bridgehead atoms. The molecule has 0 N–H and O–H groups in total. The summed E-state index contributed by atoms with van der Waals surface area (Å²) >= 11 is 3.41. The van der Waals surface area contributed by atoms with Gasteiger partial charge >= 0.3 is 0 Å². The topological polar surface area (TPSA) is 22.1 Å². The van der Waals surface area contributed by atoms with Crippen LogP contribution in [0.3, 0.4) is 0 Å². The normalized spacial score (nSPS) is 10.2. The highest BCUT2D eigenvalue weighted by Crippen LogP contribution is 2.19. The van der Waals surface area contributed by atoms with Crippen LogP contribution in [-0.2, 0) is 5.33 Å². The number of rotatable bonds is 5. The van der Waals surface area contributed by atoms with Crippen LogP contribution >= 0.6 is 15.9 Å². The van der Waals surface area contributed by atoms with Gasteiger partial charge in [-0.15, -0.1) is 0 Å². The molecule has 0 amide bonds. The number of pyridine rings is 1. The fourth-order valence-electron chi connectivity index (χ4n) is 1.15. The molecule has 0 saturated heterocycles. The fraction of sp³-hybridized carbons (Fsp3) is 0.545. The smallest absolute Gasteiger partial charge is 0.141 e. The number of hydrogen-bond acceptors (Lipinski definition) is 2. The number of aryl methyl sites for hydroxylation is 1. The van der Waals surface area contributed by atoms with Crippen molar-refractivity contribution in [2.24, 2.45) is 0 Å². The molecule has 2 nitrogen and oxygen atoms in total. The maximum Gasteiger partial charge on any atom is 0.141 e. The zero-order valence-corrected chi connectivity index (χ0v) is 10.3. The van der Waals surface area contributed by atoms with Crippen LogP contribution in [0.25, 0.3) is 0 Å². The molecule has 0 fully saturated rings. The van der Waals surface area contributed by atoms with E-state index in [0.29, 0.717) is 0 Å². The van der Waals surface area contributed by atoms with E-state index in [1.54, 1.807) is 0 Å². The molecule has 0 aliphatic heterocycles. The van der Waals surface area contributed by atoms with Crippen molar-refractivity contribution >= 4 is 15.9 Å². The third-order valence-corrected chi connectivity index (χ3v) is 2.48. The monoisotopic (exact) mass is 257 g/mol. The number of ether oxygens (including phenoxy) is 1. The molecule has 1 aromatic rings. The maximum absolute atomic E-state index is 5.63. The third kappa shape index (κ3) is 3.29. The Balaban J connectivity index is 2.65. The Labute approximate surface area is 93.8 Å². The molecule has 0 atom stereocenters. The van der Waals surface area contributed by atoms with Crippen molar-refractivity contribution in [3.05, 3.63) is 23.5 Å². The molecule has 14 heavy (non-hydrogen) atoms. The molecule has 78 valence electrons. The molecular weight excluding hydrogens is 242 g/mol. The predicted octanol–water partition coefficient (Wildman–Crippen LogP) is 3.46. The molecule has 1 heterocycles. The summed E-state index contributed by atoms with van der Waals surface area (Å²) in [5.74, 6) is 0.904. The van der Waals surface area contributed by atoms with Gasteiger partial charge in [0.25, 0.3) is 0 Å². The minimum Gasteiger partial charge on any atom is -0.492 e. The Morgan fingerprint density at radius 1 is 1.43 bits per heavy atom. The number of halogens is 1. The van der Waals surface area contributed by atoms with Crippen LogP contribution in [0.2, 0.25) is 0 Å². The van der Waals surface area contributed by atoms with E-state index in [0.717, 1.165) is 41.9 Å². The van der Waals surface area contributed by atoms with Crippen LogP contribution in [0.1, 0.15) is 31.2 Å². The molecule has 0 aliphatic carbocycles. The Morgan fingerprint density at radius 3 is 2.86 bits per heavy atom. The van der Waals surface area contributed by atoms with Gasteiger partial charge in [-0.3, -0.25) is 4.98 Å². The Hall–Kier alpha value is -0.570. The molecule has 1 rings (SSSR count). The number of alkyl halides is 1. The lowest BCUT2D eigenvalue weighted by molar-refractivity contribution is 0.305. The third-order valence-electron chi connectivity index (χ3n) is 1.95. The standard InChI is InChI=1S/C11H16BrNO/c1-3-4-7-14-11-6-5-9(2)13-10(11)8-12/h5-6H,3-4,7-8H2,1-2H3. The number of hydrogen-bond donors (Lipinski definition) is 0. The van der Waals surface area contributed by atoms with E-state index in [1.165, 1.54) is 0 Å². The van der Waals surface area contributed by atoms with Gasteiger partial charge in [-0.25, -0.2) is 0 Å². The van der Waals surface area contributed by atoms with Crippen molar-refractivity contribution in [2.45, 2.75) is 32.0 Å². The van der Waals surface area contributed by atoms with E-state index in [9.17, 15) is 0 Å². The zero-order chi connectivity index (χ0) is 10.4. The van der Waals surface area contributed by atoms with Crippen molar-refractivity contribution in [1.82, 2.24) is 4.98 Å². The maximum atomic E-state index is 5.63. The predicted molar refractivity (Wildman–Crippen MR) is 62.0 cm³/mol. The first-order valence-electron chi connectivity index (χ1n) is 4.93. The highest BCUT2D eigenvalue weighted by Gasteiger charge is 2.03. The van der Waals surface area contributed by atoms with Gasteiger partial charge in [-0.05, 0) is 25.5 Å². The largest absolute Gasteiger partial charge is 0.492 e. The summed E-state index contributed by atoms with van der Waals surface area (Å²) in [6, 6.07) is 3.97. The van der Waals surface area contributed by atoms with E-state index >= 15 is 0 Å². The lowest BCUT2D eigenvalue weighted by Crippen LogP contribution is -2.01. The zero-order valence-electron chi connectivity index (χ0n) is 8.72. The van der Waals surface area contributed by atoms with Crippen molar-refractivity contribution in [1.29, 1.82) is 0 Å². The Morgan fingerprint density at radius 2 is 2.21 bits per heavy atom. The summed E-state index contributed by atoms with van der Waals surface area (Å²) in [5, 5.41) is 0.746. The summed E-state index contributed by atoms with van der Waals surface area (Å²) in [7, 11) is 0. The number of unbranched alkanes of at least 4 members (excludes halogenated alkanes) is 1. The van der Waals surface area contributed by atoms with Crippen LogP contribution in [0.15, 0.2) is 12.1 Å². The van der Waals surface area contributed by atoms with E-state index in [-0.39, 0.29) is 0 Å². The molecule has 0 spiro atoms. The molecular formula is C11H16BrNO. The van der Waals surface area contributed by atoms with E-state index < -0.39 is 0 Å². The second kappa shape index (κ2) is 6.02. The highest BCUT2D eigenvalue weighted by molar-refractivity contribution is 9.08. The molecule has 0 saturated carbocycles.